The van der Waals surface area contributed by atoms with Crippen LogP contribution in [0.4, 0.5) is 5.69 Å². The largest absolute Gasteiger partial charge is 0.487 e. The third-order valence-corrected chi connectivity index (χ3v) is 4.18. The molecule has 0 bridgehead atoms. The molecule has 0 aliphatic rings. The molecule has 1 N–H and O–H groups in total. The highest BCUT2D eigenvalue weighted by Gasteiger charge is 2.18. The lowest BCUT2D eigenvalue weighted by Gasteiger charge is -2.10. The number of ether oxygens (including phenoxy) is 1. The van der Waals surface area contributed by atoms with Crippen LogP contribution in [0.2, 0.25) is 0 Å². The molecule has 1 amide bonds. The second kappa shape index (κ2) is 7.86. The van der Waals surface area contributed by atoms with Crippen LogP contribution in [0.5, 0.6) is 5.75 Å². The van der Waals surface area contributed by atoms with Crippen LogP contribution in [0.15, 0.2) is 42.5 Å². The maximum atomic E-state index is 12.4. The van der Waals surface area contributed by atoms with Crippen molar-refractivity contribution in [1.29, 1.82) is 0 Å². The summed E-state index contributed by atoms with van der Waals surface area (Å²) in [6.07, 6.45) is 0. The third kappa shape index (κ3) is 3.89. The minimum Gasteiger partial charge on any atom is -0.487 e. The lowest BCUT2D eigenvalue weighted by Crippen LogP contribution is -2.27. The molecule has 0 aliphatic carbocycles. The Morgan fingerprint density at radius 3 is 2.81 bits per heavy atom. The first kappa shape index (κ1) is 18.4. The van der Waals surface area contributed by atoms with E-state index in [4.69, 9.17) is 4.74 Å². The predicted molar refractivity (Wildman–Crippen MR) is 101 cm³/mol. The van der Waals surface area contributed by atoms with E-state index in [2.05, 4.69) is 10.3 Å². The van der Waals surface area contributed by atoms with Crippen LogP contribution in [0, 0.1) is 17.0 Å². The van der Waals surface area contributed by atoms with Gasteiger partial charge in [0.15, 0.2) is 5.75 Å². The van der Waals surface area contributed by atoms with Crippen LogP contribution >= 0.6 is 0 Å². The number of carbonyl (C=O) groups excluding carboxylic acids is 1. The SMILES string of the molecule is CCOc1ccc(C(=O)NCCn2c(C)nc3ccccc32)cc1[N+](=O)[O-]. The molecule has 0 unspecified atom stereocenters. The molecule has 1 heterocycles. The molecule has 0 spiro atoms. The van der Waals surface area contributed by atoms with Crippen molar-refractivity contribution in [2.45, 2.75) is 20.4 Å². The Morgan fingerprint density at radius 2 is 2.07 bits per heavy atom. The molecule has 27 heavy (non-hydrogen) atoms. The van der Waals surface area contributed by atoms with Crippen molar-refractivity contribution >= 4 is 22.6 Å². The fourth-order valence-corrected chi connectivity index (χ4v) is 2.94. The van der Waals surface area contributed by atoms with Gasteiger partial charge in [-0.15, -0.1) is 0 Å². The first-order valence-corrected chi connectivity index (χ1v) is 8.62. The van der Waals surface area contributed by atoms with Gasteiger partial charge in [0.1, 0.15) is 5.82 Å². The number of hydrogen-bond donors (Lipinski definition) is 1. The topological polar surface area (TPSA) is 99.3 Å². The molecular weight excluding hydrogens is 348 g/mol. The zero-order valence-electron chi connectivity index (χ0n) is 15.1. The van der Waals surface area contributed by atoms with E-state index in [-0.39, 0.29) is 22.9 Å². The molecule has 0 aliphatic heterocycles. The summed E-state index contributed by atoms with van der Waals surface area (Å²) in [5.74, 6) is 0.643. The number of benzene rings is 2. The number of nitro groups is 1. The highest BCUT2D eigenvalue weighted by Crippen LogP contribution is 2.28. The zero-order chi connectivity index (χ0) is 19.4. The summed E-state index contributed by atoms with van der Waals surface area (Å²) in [5.41, 5.74) is 1.91. The molecule has 8 heteroatoms. The molecule has 3 aromatic rings. The number of carbonyl (C=O) groups is 1. The summed E-state index contributed by atoms with van der Waals surface area (Å²) in [6.45, 7) is 4.90. The van der Waals surface area contributed by atoms with Crippen LogP contribution in [0.1, 0.15) is 23.1 Å². The Balaban J connectivity index is 1.69. The number of fused-ring (bicyclic) bond motifs is 1. The number of aryl methyl sites for hydroxylation is 1. The van der Waals surface area contributed by atoms with Crippen molar-refractivity contribution < 1.29 is 14.5 Å². The van der Waals surface area contributed by atoms with Gasteiger partial charge in [0.05, 0.1) is 22.6 Å². The zero-order valence-corrected chi connectivity index (χ0v) is 15.1. The van der Waals surface area contributed by atoms with Crippen molar-refractivity contribution in [2.24, 2.45) is 0 Å². The van der Waals surface area contributed by atoms with Crippen molar-refractivity contribution in [3.8, 4) is 5.75 Å². The van der Waals surface area contributed by atoms with Crippen LogP contribution < -0.4 is 10.1 Å². The number of rotatable bonds is 7. The fraction of sp³-hybridized carbons (Fsp3) is 0.263. The molecule has 1 aromatic heterocycles. The lowest BCUT2D eigenvalue weighted by molar-refractivity contribution is -0.385. The standard InChI is InChI=1S/C19H20N4O4/c1-3-27-18-9-8-14(12-17(18)23(25)26)19(24)20-10-11-22-13(2)21-15-6-4-5-7-16(15)22/h4-9,12H,3,10-11H2,1-2H3,(H,20,24). The van der Waals surface area contributed by atoms with Gasteiger partial charge in [-0.3, -0.25) is 14.9 Å². The normalized spacial score (nSPS) is 10.7. The minimum absolute atomic E-state index is 0.152. The smallest absolute Gasteiger partial charge is 0.311 e. The van der Waals surface area contributed by atoms with E-state index in [0.717, 1.165) is 16.9 Å². The molecule has 3 rings (SSSR count). The van der Waals surface area contributed by atoms with Crippen molar-refractivity contribution in [1.82, 2.24) is 14.9 Å². The van der Waals surface area contributed by atoms with E-state index in [1.54, 1.807) is 6.92 Å². The monoisotopic (exact) mass is 368 g/mol. The summed E-state index contributed by atoms with van der Waals surface area (Å²) >= 11 is 0. The van der Waals surface area contributed by atoms with E-state index >= 15 is 0 Å². The van der Waals surface area contributed by atoms with Crippen LogP contribution in [0.3, 0.4) is 0 Å². The summed E-state index contributed by atoms with van der Waals surface area (Å²) in [5, 5.41) is 14.0. The highest BCUT2D eigenvalue weighted by atomic mass is 16.6. The average molecular weight is 368 g/mol. The van der Waals surface area contributed by atoms with Gasteiger partial charge in [-0.25, -0.2) is 4.98 Å². The van der Waals surface area contributed by atoms with E-state index in [1.165, 1.54) is 18.2 Å². The lowest BCUT2D eigenvalue weighted by atomic mass is 10.1. The Bertz CT molecular complexity index is 997. The van der Waals surface area contributed by atoms with Crippen LogP contribution in [0.25, 0.3) is 11.0 Å². The second-order valence-electron chi connectivity index (χ2n) is 5.93. The number of imidazole rings is 1. The summed E-state index contributed by atoms with van der Waals surface area (Å²) in [6, 6.07) is 12.0. The molecule has 0 saturated heterocycles. The molecule has 0 radical (unpaired) electrons. The number of nitrogens with zero attached hydrogens (tertiary/aromatic N) is 3. The van der Waals surface area contributed by atoms with Crippen LogP contribution in [-0.2, 0) is 6.54 Å². The fourth-order valence-electron chi connectivity index (χ4n) is 2.94. The van der Waals surface area contributed by atoms with E-state index < -0.39 is 4.92 Å². The van der Waals surface area contributed by atoms with Gasteiger partial charge >= 0.3 is 5.69 Å². The number of nitrogens with one attached hydrogen (secondary N) is 1. The van der Waals surface area contributed by atoms with Gasteiger partial charge < -0.3 is 14.6 Å². The van der Waals surface area contributed by atoms with Gasteiger partial charge in [0.25, 0.3) is 5.91 Å². The van der Waals surface area contributed by atoms with Crippen LogP contribution in [-0.4, -0.2) is 33.5 Å². The summed E-state index contributed by atoms with van der Waals surface area (Å²) in [7, 11) is 0. The van der Waals surface area contributed by atoms with Gasteiger partial charge in [0, 0.05) is 24.7 Å². The van der Waals surface area contributed by atoms with E-state index in [9.17, 15) is 14.9 Å². The molecule has 8 nitrogen and oxygen atoms in total. The number of para-hydroxylation sites is 2. The van der Waals surface area contributed by atoms with Crippen molar-refractivity contribution in [3.05, 3.63) is 64.0 Å². The molecule has 140 valence electrons. The highest BCUT2D eigenvalue weighted by molar-refractivity contribution is 5.95. The minimum atomic E-state index is -0.553. The predicted octanol–water partition coefficient (Wildman–Crippen LogP) is 3.08. The number of hydrogen-bond acceptors (Lipinski definition) is 5. The maximum absolute atomic E-state index is 12.4. The first-order chi connectivity index (χ1) is 13.0. The summed E-state index contributed by atoms with van der Waals surface area (Å²) < 4.78 is 7.26. The van der Waals surface area contributed by atoms with Crippen molar-refractivity contribution in [2.75, 3.05) is 13.2 Å². The molecule has 0 atom stereocenters. The second-order valence-corrected chi connectivity index (χ2v) is 5.93. The Hall–Kier alpha value is -3.42. The Labute approximate surface area is 155 Å². The molecular formula is C19H20N4O4. The molecule has 0 saturated carbocycles. The summed E-state index contributed by atoms with van der Waals surface area (Å²) in [4.78, 5) is 27.5. The Kier molecular flexibility index (Phi) is 5.35. The average Bonchev–Trinajstić information content (AvgIpc) is 2.97. The Morgan fingerprint density at radius 1 is 1.30 bits per heavy atom. The van der Waals surface area contributed by atoms with Gasteiger partial charge in [0.2, 0.25) is 0 Å². The van der Waals surface area contributed by atoms with Crippen molar-refractivity contribution in [3.63, 3.8) is 0 Å². The maximum Gasteiger partial charge on any atom is 0.311 e. The van der Waals surface area contributed by atoms with E-state index in [0.29, 0.717) is 19.7 Å². The van der Waals surface area contributed by atoms with Gasteiger partial charge in [-0.1, -0.05) is 12.1 Å². The van der Waals surface area contributed by atoms with Gasteiger partial charge in [-0.2, -0.15) is 0 Å². The quantitative estimate of drug-likeness (QED) is 0.510. The first-order valence-electron chi connectivity index (χ1n) is 8.62. The molecule has 0 fully saturated rings. The third-order valence-electron chi connectivity index (χ3n) is 4.18. The number of amides is 1. The van der Waals surface area contributed by atoms with Gasteiger partial charge in [-0.05, 0) is 38.1 Å². The molecule has 2 aromatic carbocycles. The van der Waals surface area contributed by atoms with E-state index in [1.807, 2.05) is 35.8 Å². The number of nitro benzene ring substituents is 1. The number of aromatic nitrogens is 2.